The maximum absolute atomic E-state index is 12.9. The Morgan fingerprint density at radius 3 is 2.22 bits per heavy atom. The Hall–Kier alpha value is -4.80. The van der Waals surface area contributed by atoms with Crippen LogP contribution in [0.1, 0.15) is 10.4 Å². The van der Waals surface area contributed by atoms with Gasteiger partial charge in [0.05, 0.1) is 10.4 Å². The van der Waals surface area contributed by atoms with Crippen molar-refractivity contribution >= 4 is 55.3 Å². The first-order valence-corrected chi connectivity index (χ1v) is 12.8. The van der Waals surface area contributed by atoms with Crippen LogP contribution in [0.15, 0.2) is 108 Å². The van der Waals surface area contributed by atoms with E-state index in [1.807, 2.05) is 42.5 Å². The lowest BCUT2D eigenvalue weighted by Gasteiger charge is -2.12. The van der Waals surface area contributed by atoms with Crippen LogP contribution in [0, 0.1) is 0 Å². The molecule has 0 saturated heterocycles. The molecule has 5 aromatic rings. The summed E-state index contributed by atoms with van der Waals surface area (Å²) in [5.41, 5.74) is 4.79. The highest BCUT2D eigenvalue weighted by Crippen LogP contribution is 2.28. The molecule has 0 aliphatic rings. The van der Waals surface area contributed by atoms with Crippen molar-refractivity contribution in [3.05, 3.63) is 109 Å². The van der Waals surface area contributed by atoms with Crippen LogP contribution in [-0.2, 0) is 10.0 Å². The topological polar surface area (TPSA) is 139 Å². The number of hydrogen-bond donors (Lipinski definition) is 4. The van der Waals surface area contributed by atoms with Crippen molar-refractivity contribution in [3.8, 4) is 0 Å². The maximum atomic E-state index is 12.9. The minimum Gasteiger partial charge on any atom is -0.355 e. The first kappa shape index (κ1) is 23.9. The third-order valence-electron chi connectivity index (χ3n) is 5.56. The molecule has 0 unspecified atom stereocenters. The zero-order chi connectivity index (χ0) is 25.8. The van der Waals surface area contributed by atoms with E-state index in [-0.39, 0.29) is 10.8 Å². The largest absolute Gasteiger partial charge is 0.355 e. The van der Waals surface area contributed by atoms with Gasteiger partial charge < -0.3 is 16.0 Å². The SMILES string of the molecule is NS(=O)(=O)c1ccc2nccc(Nc3cccc(C(=O)Nc4ccc(Nc5ccncc5)cc4)c3)c2c1. The molecule has 0 spiro atoms. The molecule has 0 atom stereocenters. The fourth-order valence-corrected chi connectivity index (χ4v) is 4.29. The van der Waals surface area contributed by atoms with Gasteiger partial charge in [-0.1, -0.05) is 6.07 Å². The first-order chi connectivity index (χ1) is 17.8. The zero-order valence-corrected chi connectivity index (χ0v) is 20.2. The summed E-state index contributed by atoms with van der Waals surface area (Å²) >= 11 is 0. The summed E-state index contributed by atoms with van der Waals surface area (Å²) in [6.45, 7) is 0. The highest BCUT2D eigenvalue weighted by Gasteiger charge is 2.12. The average Bonchev–Trinajstić information content (AvgIpc) is 2.90. The van der Waals surface area contributed by atoms with E-state index in [0.29, 0.717) is 33.5 Å². The van der Waals surface area contributed by atoms with Crippen molar-refractivity contribution in [3.63, 3.8) is 0 Å². The molecule has 9 nitrogen and oxygen atoms in total. The van der Waals surface area contributed by atoms with Crippen molar-refractivity contribution < 1.29 is 13.2 Å². The fourth-order valence-electron chi connectivity index (χ4n) is 3.75. The standard InChI is InChI=1S/C27H22N6O3S/c28-37(35,36)23-8-9-25-24(17-23)26(12-15-30-25)32-22-3-1-2-18(16-22)27(34)33-20-6-4-19(5-7-20)31-21-10-13-29-14-11-21/h1-17H,(H,29,31)(H,30,32)(H,33,34)(H2,28,35,36). The molecule has 10 heteroatoms. The molecule has 0 aliphatic heterocycles. The van der Waals surface area contributed by atoms with Gasteiger partial charge in [-0.3, -0.25) is 14.8 Å². The minimum absolute atomic E-state index is 0.00817. The Labute approximate surface area is 213 Å². The van der Waals surface area contributed by atoms with Gasteiger partial charge in [-0.2, -0.15) is 0 Å². The van der Waals surface area contributed by atoms with Gasteiger partial charge in [0, 0.05) is 58.0 Å². The van der Waals surface area contributed by atoms with Crippen LogP contribution >= 0.6 is 0 Å². The Morgan fingerprint density at radius 2 is 1.46 bits per heavy atom. The minimum atomic E-state index is -3.87. The second kappa shape index (κ2) is 10.1. The summed E-state index contributed by atoms with van der Waals surface area (Å²) in [5, 5.41) is 15.3. The normalized spacial score (nSPS) is 11.2. The molecule has 5 rings (SSSR count). The van der Waals surface area contributed by atoms with E-state index in [9.17, 15) is 13.2 Å². The van der Waals surface area contributed by atoms with E-state index in [1.54, 1.807) is 48.9 Å². The lowest BCUT2D eigenvalue weighted by Crippen LogP contribution is -2.12. The van der Waals surface area contributed by atoms with Gasteiger partial charge in [-0.25, -0.2) is 13.6 Å². The Morgan fingerprint density at radius 1 is 0.730 bits per heavy atom. The first-order valence-electron chi connectivity index (χ1n) is 11.2. The molecule has 1 amide bonds. The molecule has 184 valence electrons. The van der Waals surface area contributed by atoms with E-state index in [1.165, 1.54) is 12.1 Å². The molecular formula is C27H22N6O3S. The summed E-state index contributed by atoms with van der Waals surface area (Å²) in [6, 6.07) is 24.3. The van der Waals surface area contributed by atoms with Gasteiger partial charge in [0.2, 0.25) is 10.0 Å². The van der Waals surface area contributed by atoms with Crippen LogP contribution in [-0.4, -0.2) is 24.3 Å². The second-order valence-corrected chi connectivity index (χ2v) is 9.74. The third kappa shape index (κ3) is 5.72. The van der Waals surface area contributed by atoms with Gasteiger partial charge in [-0.05, 0) is 78.9 Å². The monoisotopic (exact) mass is 510 g/mol. The lowest BCUT2D eigenvalue weighted by molar-refractivity contribution is 0.102. The molecule has 2 heterocycles. The number of anilines is 5. The van der Waals surface area contributed by atoms with Gasteiger partial charge in [0.1, 0.15) is 0 Å². The Balaban J connectivity index is 1.32. The molecule has 0 saturated carbocycles. The van der Waals surface area contributed by atoms with Crippen LogP contribution < -0.4 is 21.1 Å². The molecule has 3 aromatic carbocycles. The van der Waals surface area contributed by atoms with Crippen LogP contribution in [0.4, 0.5) is 28.4 Å². The maximum Gasteiger partial charge on any atom is 0.255 e. The fraction of sp³-hybridized carbons (Fsp3) is 0. The van der Waals surface area contributed by atoms with Crippen LogP contribution in [0.5, 0.6) is 0 Å². The zero-order valence-electron chi connectivity index (χ0n) is 19.4. The summed E-state index contributed by atoms with van der Waals surface area (Å²) in [5.74, 6) is -0.269. The van der Waals surface area contributed by atoms with Crippen molar-refractivity contribution in [2.24, 2.45) is 5.14 Å². The van der Waals surface area contributed by atoms with Crippen LogP contribution in [0.2, 0.25) is 0 Å². The number of nitrogens with two attached hydrogens (primary N) is 1. The highest BCUT2D eigenvalue weighted by atomic mass is 32.2. The molecule has 0 aliphatic carbocycles. The van der Waals surface area contributed by atoms with Gasteiger partial charge >= 0.3 is 0 Å². The number of benzene rings is 3. The molecule has 0 bridgehead atoms. The van der Waals surface area contributed by atoms with Gasteiger partial charge in [0.15, 0.2) is 0 Å². The number of hydrogen-bond acceptors (Lipinski definition) is 7. The number of pyridine rings is 2. The van der Waals surface area contributed by atoms with Crippen molar-refractivity contribution in [2.45, 2.75) is 4.90 Å². The number of fused-ring (bicyclic) bond motifs is 1. The number of carbonyl (C=O) groups is 1. The van der Waals surface area contributed by atoms with Crippen LogP contribution in [0.25, 0.3) is 10.9 Å². The van der Waals surface area contributed by atoms with Crippen molar-refractivity contribution in [1.29, 1.82) is 0 Å². The molecule has 0 fully saturated rings. The quantitative estimate of drug-likeness (QED) is 0.241. The lowest BCUT2D eigenvalue weighted by atomic mass is 10.1. The number of amides is 1. The number of aromatic nitrogens is 2. The molecule has 0 radical (unpaired) electrons. The van der Waals surface area contributed by atoms with Crippen molar-refractivity contribution in [2.75, 3.05) is 16.0 Å². The number of sulfonamides is 1. The number of primary sulfonamides is 1. The Bertz CT molecular complexity index is 1690. The second-order valence-electron chi connectivity index (χ2n) is 8.18. The molecule has 5 N–H and O–H groups in total. The summed E-state index contributed by atoms with van der Waals surface area (Å²) in [7, 11) is -3.87. The van der Waals surface area contributed by atoms with E-state index < -0.39 is 10.0 Å². The van der Waals surface area contributed by atoms with Gasteiger partial charge in [-0.15, -0.1) is 0 Å². The molecule has 37 heavy (non-hydrogen) atoms. The van der Waals surface area contributed by atoms with E-state index >= 15 is 0 Å². The number of nitrogens with zero attached hydrogens (tertiary/aromatic N) is 2. The van der Waals surface area contributed by atoms with Gasteiger partial charge in [0.25, 0.3) is 5.91 Å². The predicted octanol–water partition coefficient (Wildman–Crippen LogP) is 5.02. The summed E-state index contributed by atoms with van der Waals surface area (Å²) in [6.07, 6.45) is 5.03. The van der Waals surface area contributed by atoms with E-state index in [0.717, 1.165) is 11.4 Å². The molecule has 2 aromatic heterocycles. The van der Waals surface area contributed by atoms with Crippen molar-refractivity contribution in [1.82, 2.24) is 9.97 Å². The highest BCUT2D eigenvalue weighted by molar-refractivity contribution is 7.89. The average molecular weight is 511 g/mol. The number of rotatable bonds is 7. The predicted molar refractivity (Wildman–Crippen MR) is 145 cm³/mol. The Kier molecular flexibility index (Phi) is 6.50. The smallest absolute Gasteiger partial charge is 0.255 e. The van der Waals surface area contributed by atoms with E-state index in [2.05, 4.69) is 25.9 Å². The number of nitrogens with one attached hydrogen (secondary N) is 3. The molecular weight excluding hydrogens is 488 g/mol. The summed E-state index contributed by atoms with van der Waals surface area (Å²) < 4.78 is 23.6. The number of carbonyl (C=O) groups excluding carboxylic acids is 1. The van der Waals surface area contributed by atoms with Crippen LogP contribution in [0.3, 0.4) is 0 Å². The summed E-state index contributed by atoms with van der Waals surface area (Å²) in [4.78, 5) is 21.2. The third-order valence-corrected chi connectivity index (χ3v) is 6.47. The van der Waals surface area contributed by atoms with E-state index in [4.69, 9.17) is 5.14 Å².